The first-order valence-corrected chi connectivity index (χ1v) is 9.93. The lowest BCUT2D eigenvalue weighted by molar-refractivity contribution is -0.269. The van der Waals surface area contributed by atoms with Gasteiger partial charge in [-0.25, -0.2) is 0 Å². The molecule has 1 fully saturated rings. The van der Waals surface area contributed by atoms with Crippen LogP contribution in [-0.2, 0) is 9.47 Å². The fraction of sp³-hybridized carbons (Fsp3) is 0.409. The predicted octanol–water partition coefficient (Wildman–Crippen LogP) is 1.62. The SMILES string of the molecule is C[C@@H]1[C@@H](O)[C@@H](O)[C@H](OC2=Cc3oc(-c4ccc(O)cc4)c(O)c(=O)c3[C@H](O)C2)O[C@H]1C. The highest BCUT2D eigenvalue weighted by Crippen LogP contribution is 2.38. The Morgan fingerprint density at radius 2 is 1.71 bits per heavy atom. The molecular formula is C22H24O9. The lowest BCUT2D eigenvalue weighted by Crippen LogP contribution is -2.53. The molecule has 0 radical (unpaired) electrons. The Kier molecular flexibility index (Phi) is 5.52. The highest BCUT2D eigenvalue weighted by molar-refractivity contribution is 5.67. The van der Waals surface area contributed by atoms with E-state index in [2.05, 4.69) is 0 Å². The van der Waals surface area contributed by atoms with E-state index >= 15 is 0 Å². The molecule has 1 aliphatic carbocycles. The summed E-state index contributed by atoms with van der Waals surface area (Å²) < 4.78 is 17.1. The number of aromatic hydroxyl groups is 2. The Morgan fingerprint density at radius 1 is 1.03 bits per heavy atom. The van der Waals surface area contributed by atoms with Crippen LogP contribution in [0.25, 0.3) is 17.4 Å². The number of phenolic OH excluding ortho intramolecular Hbond substituents is 1. The zero-order valence-corrected chi connectivity index (χ0v) is 16.9. The number of benzene rings is 1. The average molecular weight is 432 g/mol. The van der Waals surface area contributed by atoms with Crippen LogP contribution in [-0.4, -0.2) is 50.1 Å². The van der Waals surface area contributed by atoms with Crippen LogP contribution < -0.4 is 5.43 Å². The lowest BCUT2D eigenvalue weighted by Gasteiger charge is -2.40. The van der Waals surface area contributed by atoms with Crippen LogP contribution in [0.5, 0.6) is 11.5 Å². The number of phenols is 1. The van der Waals surface area contributed by atoms with Gasteiger partial charge in [-0.1, -0.05) is 6.92 Å². The summed E-state index contributed by atoms with van der Waals surface area (Å²) in [7, 11) is 0. The standard InChI is InChI=1S/C22H24O9/c1-9-10(2)29-22(20(28)17(9)25)30-13-7-14(24)16-15(8-13)31-21(19(27)18(16)26)11-3-5-12(23)6-4-11/h3-6,8-10,14,17,20,22-25,27-28H,7H2,1-2H3/t9-,10-,14+,17+,20+,22-/m0/s1. The van der Waals surface area contributed by atoms with Crippen LogP contribution in [0.1, 0.15) is 37.7 Å². The monoisotopic (exact) mass is 432 g/mol. The number of hydrogen-bond acceptors (Lipinski definition) is 9. The predicted molar refractivity (Wildman–Crippen MR) is 108 cm³/mol. The third kappa shape index (κ3) is 3.81. The molecule has 2 aromatic rings. The van der Waals surface area contributed by atoms with Crippen molar-refractivity contribution in [1.29, 1.82) is 0 Å². The molecule has 9 nitrogen and oxygen atoms in total. The van der Waals surface area contributed by atoms with E-state index < -0.39 is 35.8 Å². The zero-order chi connectivity index (χ0) is 22.4. The van der Waals surface area contributed by atoms with Gasteiger partial charge in [0.25, 0.3) is 0 Å². The summed E-state index contributed by atoms with van der Waals surface area (Å²) in [5.74, 6) is -0.893. The first kappa shape index (κ1) is 21.4. The van der Waals surface area contributed by atoms with E-state index in [-0.39, 0.29) is 47.0 Å². The minimum absolute atomic E-state index is 0.00586. The van der Waals surface area contributed by atoms with Gasteiger partial charge in [-0.15, -0.1) is 0 Å². The minimum atomic E-state index is -1.31. The van der Waals surface area contributed by atoms with Gasteiger partial charge in [-0.05, 0) is 31.2 Å². The molecular weight excluding hydrogens is 408 g/mol. The average Bonchev–Trinajstić information content (AvgIpc) is 2.73. The van der Waals surface area contributed by atoms with E-state index in [1.165, 1.54) is 30.3 Å². The zero-order valence-electron chi connectivity index (χ0n) is 16.9. The van der Waals surface area contributed by atoms with Gasteiger partial charge >= 0.3 is 0 Å². The molecule has 9 heteroatoms. The number of hydrogen-bond donors (Lipinski definition) is 5. The van der Waals surface area contributed by atoms with E-state index in [4.69, 9.17) is 13.9 Å². The Morgan fingerprint density at radius 3 is 2.39 bits per heavy atom. The van der Waals surface area contributed by atoms with Crippen LogP contribution in [0.2, 0.25) is 0 Å². The Labute approximate surface area is 177 Å². The molecule has 5 N–H and O–H groups in total. The smallest absolute Gasteiger partial charge is 0.233 e. The van der Waals surface area contributed by atoms with Crippen LogP contribution in [0.15, 0.2) is 39.2 Å². The molecule has 2 heterocycles. The maximum absolute atomic E-state index is 12.7. The van der Waals surface area contributed by atoms with Crippen molar-refractivity contribution in [2.24, 2.45) is 5.92 Å². The van der Waals surface area contributed by atoms with Crippen LogP contribution >= 0.6 is 0 Å². The molecule has 0 bridgehead atoms. The van der Waals surface area contributed by atoms with Gasteiger partial charge in [0.05, 0.1) is 23.9 Å². The van der Waals surface area contributed by atoms with Gasteiger partial charge in [0.15, 0.2) is 5.76 Å². The fourth-order valence-corrected chi connectivity index (χ4v) is 3.78. The van der Waals surface area contributed by atoms with E-state index in [9.17, 15) is 30.3 Å². The minimum Gasteiger partial charge on any atom is -0.508 e. The van der Waals surface area contributed by atoms with E-state index in [0.29, 0.717) is 5.56 Å². The van der Waals surface area contributed by atoms with E-state index in [1.54, 1.807) is 13.8 Å². The molecule has 0 unspecified atom stereocenters. The molecule has 0 saturated carbocycles. The summed E-state index contributed by atoms with van der Waals surface area (Å²) in [6.45, 7) is 3.50. The summed E-state index contributed by atoms with van der Waals surface area (Å²) in [6.07, 6.45) is -3.92. The normalized spacial score (nSPS) is 30.4. The molecule has 0 amide bonds. The first-order valence-electron chi connectivity index (χ1n) is 9.93. The van der Waals surface area contributed by atoms with Crippen molar-refractivity contribution in [2.75, 3.05) is 0 Å². The Hall–Kier alpha value is -2.85. The quantitative estimate of drug-likeness (QED) is 0.487. The Balaban J connectivity index is 1.70. The van der Waals surface area contributed by atoms with Crippen molar-refractivity contribution >= 4 is 6.08 Å². The number of aliphatic hydroxyl groups excluding tert-OH is 3. The van der Waals surface area contributed by atoms with Gasteiger partial charge in [-0.2, -0.15) is 0 Å². The largest absolute Gasteiger partial charge is 0.508 e. The number of rotatable bonds is 3. The molecule has 1 aromatic carbocycles. The summed E-state index contributed by atoms with van der Waals surface area (Å²) >= 11 is 0. The van der Waals surface area contributed by atoms with Crippen molar-refractivity contribution in [3.05, 3.63) is 51.6 Å². The highest BCUT2D eigenvalue weighted by Gasteiger charge is 2.42. The lowest BCUT2D eigenvalue weighted by atomic mass is 9.91. The molecule has 2 aliphatic rings. The first-order chi connectivity index (χ1) is 14.7. The van der Waals surface area contributed by atoms with Crippen molar-refractivity contribution in [3.63, 3.8) is 0 Å². The van der Waals surface area contributed by atoms with E-state index in [1.807, 2.05) is 0 Å². The van der Waals surface area contributed by atoms with Crippen molar-refractivity contribution in [2.45, 2.75) is 51.0 Å². The van der Waals surface area contributed by atoms with Crippen molar-refractivity contribution in [3.8, 4) is 22.8 Å². The van der Waals surface area contributed by atoms with Crippen LogP contribution in [0, 0.1) is 5.92 Å². The van der Waals surface area contributed by atoms with E-state index in [0.717, 1.165) is 0 Å². The molecule has 1 aliphatic heterocycles. The van der Waals surface area contributed by atoms with Gasteiger partial charge < -0.3 is 39.4 Å². The molecule has 31 heavy (non-hydrogen) atoms. The molecule has 1 aromatic heterocycles. The molecule has 4 rings (SSSR count). The molecule has 0 spiro atoms. The third-order valence-corrected chi connectivity index (χ3v) is 5.83. The Bertz CT molecular complexity index is 1060. The third-order valence-electron chi connectivity index (χ3n) is 5.83. The van der Waals surface area contributed by atoms with Gasteiger partial charge in [0, 0.05) is 24.0 Å². The maximum Gasteiger partial charge on any atom is 0.233 e. The van der Waals surface area contributed by atoms with Crippen molar-refractivity contribution < 1.29 is 39.4 Å². The summed E-state index contributed by atoms with van der Waals surface area (Å²) in [6, 6.07) is 5.69. The second-order valence-corrected chi connectivity index (χ2v) is 7.93. The maximum atomic E-state index is 12.7. The summed E-state index contributed by atoms with van der Waals surface area (Å²) in [4.78, 5) is 12.7. The number of ether oxygens (including phenoxy) is 2. The second-order valence-electron chi connectivity index (χ2n) is 7.93. The van der Waals surface area contributed by atoms with Crippen molar-refractivity contribution in [1.82, 2.24) is 0 Å². The number of aliphatic hydroxyl groups is 3. The van der Waals surface area contributed by atoms with Gasteiger partial charge in [0.1, 0.15) is 23.4 Å². The van der Waals surface area contributed by atoms with Gasteiger partial charge in [-0.3, -0.25) is 4.79 Å². The fourth-order valence-electron chi connectivity index (χ4n) is 3.78. The topological polar surface area (TPSA) is 150 Å². The molecule has 6 atom stereocenters. The van der Waals surface area contributed by atoms with Gasteiger partial charge in [0.2, 0.25) is 17.5 Å². The second kappa shape index (κ2) is 8.01. The summed E-state index contributed by atoms with van der Waals surface area (Å²) in [5, 5.41) is 50.8. The van der Waals surface area contributed by atoms with Crippen LogP contribution in [0.3, 0.4) is 0 Å². The number of fused-ring (bicyclic) bond motifs is 1. The van der Waals surface area contributed by atoms with Crippen LogP contribution in [0.4, 0.5) is 0 Å². The molecule has 1 saturated heterocycles. The highest BCUT2D eigenvalue weighted by atomic mass is 16.7. The summed E-state index contributed by atoms with van der Waals surface area (Å²) in [5.41, 5.74) is -0.540. The molecule has 166 valence electrons.